The van der Waals surface area contributed by atoms with E-state index < -0.39 is 17.7 Å². The summed E-state index contributed by atoms with van der Waals surface area (Å²) < 4.78 is 10.6. The molecule has 0 aromatic heterocycles. The third kappa shape index (κ3) is 4.34. The van der Waals surface area contributed by atoms with Gasteiger partial charge in [0.2, 0.25) is 0 Å². The minimum Gasteiger partial charge on any atom is -0.508 e. The molecule has 3 rings (SSSR count). The molecule has 1 atom stereocenters. The monoisotopic (exact) mass is 439 g/mol. The normalized spacial score (nSPS) is 18.3. The summed E-state index contributed by atoms with van der Waals surface area (Å²) in [7, 11) is 3.09. The molecule has 170 valence electrons. The number of amides is 1. The number of rotatable bonds is 6. The number of methoxy groups -OCH3 is 2. The van der Waals surface area contributed by atoms with Crippen molar-refractivity contribution in [3.05, 3.63) is 64.7 Å². The van der Waals surface area contributed by atoms with Gasteiger partial charge in [-0.1, -0.05) is 32.9 Å². The zero-order valence-corrected chi connectivity index (χ0v) is 19.0. The van der Waals surface area contributed by atoms with E-state index in [2.05, 4.69) is 0 Å². The molecule has 1 aliphatic rings. The molecule has 2 aromatic carbocycles. The summed E-state index contributed by atoms with van der Waals surface area (Å²) in [6.45, 7) is 6.48. The van der Waals surface area contributed by atoms with Crippen molar-refractivity contribution in [2.75, 3.05) is 27.4 Å². The minimum atomic E-state index is -0.800. The second-order valence-corrected chi connectivity index (χ2v) is 8.74. The highest BCUT2D eigenvalue weighted by atomic mass is 16.5. The lowest BCUT2D eigenvalue weighted by atomic mass is 9.84. The third-order valence-electron chi connectivity index (χ3n) is 5.57. The van der Waals surface area contributed by atoms with Crippen molar-refractivity contribution in [3.63, 3.8) is 0 Å². The van der Waals surface area contributed by atoms with Crippen LogP contribution in [0.5, 0.6) is 11.5 Å². The summed E-state index contributed by atoms with van der Waals surface area (Å²) in [5.74, 6) is -0.984. The van der Waals surface area contributed by atoms with E-state index in [4.69, 9.17) is 9.47 Å². The summed E-state index contributed by atoms with van der Waals surface area (Å²) in [4.78, 5) is 27.3. The zero-order valence-electron chi connectivity index (χ0n) is 19.0. The fourth-order valence-electron chi connectivity index (χ4n) is 3.90. The Morgan fingerprint density at radius 1 is 1.06 bits per heavy atom. The van der Waals surface area contributed by atoms with E-state index in [0.29, 0.717) is 16.9 Å². The van der Waals surface area contributed by atoms with Crippen molar-refractivity contribution in [2.45, 2.75) is 32.2 Å². The molecule has 7 heteroatoms. The molecule has 1 saturated heterocycles. The van der Waals surface area contributed by atoms with Crippen LogP contribution in [-0.2, 0) is 19.7 Å². The maximum atomic E-state index is 13.0. The number of phenolic OH excluding ortho intramolecular Hbond substituents is 1. The van der Waals surface area contributed by atoms with E-state index in [1.54, 1.807) is 37.4 Å². The van der Waals surface area contributed by atoms with Gasteiger partial charge in [-0.15, -0.1) is 0 Å². The number of aliphatic hydroxyl groups is 1. The van der Waals surface area contributed by atoms with Crippen LogP contribution in [-0.4, -0.2) is 54.2 Å². The smallest absolute Gasteiger partial charge is 0.295 e. The van der Waals surface area contributed by atoms with Gasteiger partial charge in [-0.25, -0.2) is 0 Å². The molecule has 1 fully saturated rings. The van der Waals surface area contributed by atoms with Gasteiger partial charge >= 0.3 is 0 Å². The van der Waals surface area contributed by atoms with Crippen LogP contribution in [0.1, 0.15) is 43.5 Å². The van der Waals surface area contributed by atoms with Gasteiger partial charge < -0.3 is 24.6 Å². The van der Waals surface area contributed by atoms with E-state index in [0.717, 1.165) is 5.56 Å². The summed E-state index contributed by atoms with van der Waals surface area (Å²) >= 11 is 0. The van der Waals surface area contributed by atoms with E-state index in [1.165, 1.54) is 24.1 Å². The Hall–Kier alpha value is -3.32. The fraction of sp³-hybridized carbons (Fsp3) is 0.360. The molecular weight excluding hydrogens is 410 g/mol. The number of ether oxygens (including phenoxy) is 2. The van der Waals surface area contributed by atoms with Crippen LogP contribution in [0, 0.1) is 0 Å². The number of nitrogens with zero attached hydrogens (tertiary/aromatic N) is 1. The van der Waals surface area contributed by atoms with Crippen LogP contribution in [0.4, 0.5) is 0 Å². The number of ketones is 1. The molecule has 32 heavy (non-hydrogen) atoms. The first kappa shape index (κ1) is 23.3. The number of aliphatic hydroxyl groups excluding tert-OH is 1. The number of hydrogen-bond acceptors (Lipinski definition) is 6. The number of Topliss-reactive ketones (excluding diaryl/α,β-unsaturated/α-hetero) is 1. The molecule has 1 unspecified atom stereocenters. The zero-order chi connectivity index (χ0) is 23.6. The Balaban J connectivity index is 2.20. The van der Waals surface area contributed by atoms with Gasteiger partial charge in [0, 0.05) is 24.8 Å². The molecule has 1 aliphatic heterocycles. The lowest BCUT2D eigenvalue weighted by molar-refractivity contribution is -0.140. The molecule has 2 N–H and O–H groups in total. The first-order valence-corrected chi connectivity index (χ1v) is 10.3. The van der Waals surface area contributed by atoms with Gasteiger partial charge in [-0.3, -0.25) is 9.59 Å². The van der Waals surface area contributed by atoms with Crippen molar-refractivity contribution in [1.82, 2.24) is 4.90 Å². The number of carbonyl (C=O) groups is 2. The molecule has 2 aromatic rings. The Labute approximate surface area is 187 Å². The molecular formula is C25H29NO6. The minimum absolute atomic E-state index is 0.00168. The average molecular weight is 440 g/mol. The van der Waals surface area contributed by atoms with Crippen LogP contribution in [0.3, 0.4) is 0 Å². The maximum Gasteiger partial charge on any atom is 0.295 e. The highest BCUT2D eigenvalue weighted by molar-refractivity contribution is 6.46. The Kier molecular flexibility index (Phi) is 6.60. The number of likely N-dealkylation sites (tertiary alicyclic amines) is 1. The van der Waals surface area contributed by atoms with Gasteiger partial charge in [0.25, 0.3) is 11.7 Å². The van der Waals surface area contributed by atoms with Crippen LogP contribution >= 0.6 is 0 Å². The van der Waals surface area contributed by atoms with Crippen molar-refractivity contribution in [1.29, 1.82) is 0 Å². The predicted octanol–water partition coefficient (Wildman–Crippen LogP) is 3.77. The van der Waals surface area contributed by atoms with E-state index in [1.807, 2.05) is 20.8 Å². The summed E-state index contributed by atoms with van der Waals surface area (Å²) in [6, 6.07) is 10.6. The SMILES string of the molecule is COCCN1C(=O)C(=O)/C(=C(\O)c2ccc(OC)c(C(C)(C)C)c2)C1c1ccc(O)cc1. The number of carbonyl (C=O) groups excluding carboxylic acids is 2. The second-order valence-electron chi connectivity index (χ2n) is 8.74. The molecule has 1 amide bonds. The number of aromatic hydroxyl groups is 1. The van der Waals surface area contributed by atoms with Gasteiger partial charge in [-0.05, 0) is 41.3 Å². The van der Waals surface area contributed by atoms with E-state index >= 15 is 0 Å². The molecule has 0 saturated carbocycles. The van der Waals surface area contributed by atoms with Crippen LogP contribution in [0.2, 0.25) is 0 Å². The van der Waals surface area contributed by atoms with Crippen LogP contribution in [0.15, 0.2) is 48.0 Å². The Morgan fingerprint density at radius 3 is 2.28 bits per heavy atom. The lowest BCUT2D eigenvalue weighted by Gasteiger charge is -2.25. The quantitative estimate of drug-likeness (QED) is 0.404. The van der Waals surface area contributed by atoms with Gasteiger partial charge in [-0.2, -0.15) is 0 Å². The standard InChI is InChI=1S/C25H29NO6/c1-25(2,3)18-14-16(8-11-19(18)32-5)22(28)20-21(15-6-9-17(27)10-7-15)26(12-13-31-4)24(30)23(20)29/h6-11,14,21,27-28H,12-13H2,1-5H3/b22-20-. The first-order valence-electron chi connectivity index (χ1n) is 10.3. The molecule has 1 heterocycles. The Morgan fingerprint density at radius 2 is 1.72 bits per heavy atom. The summed E-state index contributed by atoms with van der Waals surface area (Å²) in [5.41, 5.74) is 1.61. The maximum absolute atomic E-state index is 13.0. The second kappa shape index (κ2) is 9.04. The third-order valence-corrected chi connectivity index (χ3v) is 5.57. The first-order chi connectivity index (χ1) is 15.1. The van der Waals surface area contributed by atoms with Crippen molar-refractivity contribution in [3.8, 4) is 11.5 Å². The van der Waals surface area contributed by atoms with Crippen molar-refractivity contribution < 1.29 is 29.3 Å². The van der Waals surface area contributed by atoms with Crippen LogP contribution in [0.25, 0.3) is 5.76 Å². The van der Waals surface area contributed by atoms with E-state index in [-0.39, 0.29) is 35.6 Å². The van der Waals surface area contributed by atoms with Crippen molar-refractivity contribution in [2.24, 2.45) is 0 Å². The lowest BCUT2D eigenvalue weighted by Crippen LogP contribution is -2.32. The van der Waals surface area contributed by atoms with E-state index in [9.17, 15) is 19.8 Å². The molecule has 0 aliphatic carbocycles. The molecule has 0 bridgehead atoms. The number of benzene rings is 2. The highest BCUT2D eigenvalue weighted by Crippen LogP contribution is 2.41. The fourth-order valence-corrected chi connectivity index (χ4v) is 3.90. The molecule has 0 radical (unpaired) electrons. The van der Waals surface area contributed by atoms with Gasteiger partial charge in [0.15, 0.2) is 0 Å². The number of hydrogen-bond donors (Lipinski definition) is 2. The van der Waals surface area contributed by atoms with Gasteiger partial charge in [0.05, 0.1) is 25.3 Å². The van der Waals surface area contributed by atoms with Crippen molar-refractivity contribution >= 4 is 17.4 Å². The largest absolute Gasteiger partial charge is 0.508 e. The average Bonchev–Trinajstić information content (AvgIpc) is 3.01. The summed E-state index contributed by atoms with van der Waals surface area (Å²) in [5, 5.41) is 20.9. The molecule has 0 spiro atoms. The number of phenols is 1. The predicted molar refractivity (Wildman–Crippen MR) is 121 cm³/mol. The summed E-state index contributed by atoms with van der Waals surface area (Å²) in [6.07, 6.45) is 0. The van der Waals surface area contributed by atoms with Crippen LogP contribution < -0.4 is 4.74 Å². The molecule has 7 nitrogen and oxygen atoms in total. The van der Waals surface area contributed by atoms with Gasteiger partial charge in [0.1, 0.15) is 17.3 Å². The Bertz CT molecular complexity index is 1050. The topological polar surface area (TPSA) is 96.3 Å². The highest BCUT2D eigenvalue weighted by Gasteiger charge is 2.46.